The van der Waals surface area contributed by atoms with Gasteiger partial charge in [-0.3, -0.25) is 14.9 Å². The molecule has 4 rings (SSSR count). The van der Waals surface area contributed by atoms with Crippen LogP contribution in [-0.2, 0) is 6.42 Å². The number of halogens is 2. The second-order valence-electron chi connectivity index (χ2n) is 5.78. The molecular weight excluding hydrogens is 365 g/mol. The first-order chi connectivity index (χ1) is 12.0. The van der Waals surface area contributed by atoms with Gasteiger partial charge in [0.05, 0.1) is 15.6 Å². The van der Waals surface area contributed by atoms with Gasteiger partial charge >= 0.3 is 0 Å². The molecule has 1 N–H and O–H groups in total. The average Bonchev–Trinajstić information content (AvgIpc) is 3.15. The van der Waals surface area contributed by atoms with E-state index in [-0.39, 0.29) is 17.3 Å². The molecule has 1 aliphatic heterocycles. The summed E-state index contributed by atoms with van der Waals surface area (Å²) in [5, 5.41) is 12.5. The molecule has 1 aromatic heterocycles. The van der Waals surface area contributed by atoms with Gasteiger partial charge in [-0.15, -0.1) is 0 Å². The van der Waals surface area contributed by atoms with Gasteiger partial charge in [-0.1, -0.05) is 29.3 Å². The molecule has 0 aliphatic carbocycles. The number of aromatic amines is 1. The van der Waals surface area contributed by atoms with Crippen LogP contribution in [0.5, 0.6) is 0 Å². The normalized spacial score (nSPS) is 13.3. The summed E-state index contributed by atoms with van der Waals surface area (Å²) in [6.07, 6.45) is 0.642. The maximum absolute atomic E-state index is 13.0. The Morgan fingerprint density at radius 2 is 2.00 bits per heavy atom. The van der Waals surface area contributed by atoms with Gasteiger partial charge in [0.2, 0.25) is 0 Å². The van der Waals surface area contributed by atoms with E-state index in [9.17, 15) is 14.9 Å². The maximum Gasteiger partial charge on any atom is 0.276 e. The monoisotopic (exact) mass is 375 g/mol. The van der Waals surface area contributed by atoms with Gasteiger partial charge in [0.15, 0.2) is 0 Å². The summed E-state index contributed by atoms with van der Waals surface area (Å²) in [7, 11) is 0. The van der Waals surface area contributed by atoms with Crippen molar-refractivity contribution in [2.45, 2.75) is 6.42 Å². The summed E-state index contributed by atoms with van der Waals surface area (Å²) in [5.74, 6) is -0.323. The van der Waals surface area contributed by atoms with Crippen LogP contribution in [0.2, 0.25) is 10.0 Å². The molecule has 0 saturated carbocycles. The van der Waals surface area contributed by atoms with Crippen molar-refractivity contribution >= 4 is 51.4 Å². The fourth-order valence-corrected chi connectivity index (χ4v) is 3.56. The van der Waals surface area contributed by atoms with Crippen LogP contribution in [0.25, 0.3) is 10.9 Å². The predicted molar refractivity (Wildman–Crippen MR) is 96.8 cm³/mol. The molecule has 8 heteroatoms. The Hall–Kier alpha value is -2.57. The lowest BCUT2D eigenvalue weighted by Gasteiger charge is -2.16. The molecule has 0 unspecified atom stereocenters. The number of H-pyrrole nitrogens is 1. The van der Waals surface area contributed by atoms with E-state index >= 15 is 0 Å². The Morgan fingerprint density at radius 3 is 2.76 bits per heavy atom. The standard InChI is InChI=1S/C17H11Cl2N3O3/c18-10-2-4-13-12(7-10)15(19)16(20-13)17(23)21-6-5-9-1-3-11(22(24)25)8-14(9)21/h1-4,7-8,20H,5-6H2. The average molecular weight is 376 g/mol. The number of nitrogens with one attached hydrogen (secondary N) is 1. The summed E-state index contributed by atoms with van der Waals surface area (Å²) < 4.78 is 0. The molecule has 0 atom stereocenters. The zero-order chi connectivity index (χ0) is 17.7. The molecule has 0 saturated heterocycles. The van der Waals surface area contributed by atoms with Crippen LogP contribution < -0.4 is 4.90 Å². The summed E-state index contributed by atoms with van der Waals surface area (Å²) in [4.78, 5) is 28.0. The van der Waals surface area contributed by atoms with Gasteiger partial charge in [0.1, 0.15) is 5.69 Å². The summed E-state index contributed by atoms with van der Waals surface area (Å²) >= 11 is 12.4. The molecule has 0 bridgehead atoms. The van der Waals surface area contributed by atoms with Gasteiger partial charge in [-0.2, -0.15) is 0 Å². The number of amides is 1. The van der Waals surface area contributed by atoms with E-state index in [0.29, 0.717) is 39.6 Å². The topological polar surface area (TPSA) is 79.2 Å². The van der Waals surface area contributed by atoms with Crippen molar-refractivity contribution in [2.24, 2.45) is 0 Å². The van der Waals surface area contributed by atoms with E-state index in [0.717, 1.165) is 5.56 Å². The summed E-state index contributed by atoms with van der Waals surface area (Å²) in [5.41, 5.74) is 2.35. The van der Waals surface area contributed by atoms with Gasteiger partial charge in [-0.05, 0) is 30.2 Å². The number of nitrogens with zero attached hydrogens (tertiary/aromatic N) is 2. The number of rotatable bonds is 2. The van der Waals surface area contributed by atoms with Gasteiger partial charge in [-0.25, -0.2) is 0 Å². The molecule has 126 valence electrons. The van der Waals surface area contributed by atoms with Crippen LogP contribution >= 0.6 is 23.2 Å². The molecule has 2 aromatic carbocycles. The van der Waals surface area contributed by atoms with Gasteiger partial charge in [0.25, 0.3) is 11.6 Å². The summed E-state index contributed by atoms with van der Waals surface area (Å²) in [6, 6.07) is 9.71. The number of hydrogen-bond donors (Lipinski definition) is 1. The Morgan fingerprint density at radius 1 is 1.20 bits per heavy atom. The predicted octanol–water partition coefficient (Wildman–Crippen LogP) is 4.59. The van der Waals surface area contributed by atoms with Crippen molar-refractivity contribution in [3.05, 3.63) is 67.8 Å². The fourth-order valence-electron chi connectivity index (χ4n) is 3.11. The molecule has 3 aromatic rings. The lowest BCUT2D eigenvalue weighted by molar-refractivity contribution is -0.384. The zero-order valence-corrected chi connectivity index (χ0v) is 14.3. The van der Waals surface area contributed by atoms with Crippen molar-refractivity contribution in [3.63, 3.8) is 0 Å². The number of aromatic nitrogens is 1. The second kappa shape index (κ2) is 5.75. The molecule has 1 aliphatic rings. The first kappa shape index (κ1) is 15.9. The third-order valence-corrected chi connectivity index (χ3v) is 4.96. The van der Waals surface area contributed by atoms with E-state index in [1.54, 1.807) is 24.3 Å². The highest BCUT2D eigenvalue weighted by Crippen LogP contribution is 2.35. The Bertz CT molecular complexity index is 1050. The van der Waals surface area contributed by atoms with E-state index in [1.807, 2.05) is 0 Å². The number of fused-ring (bicyclic) bond motifs is 2. The van der Waals surface area contributed by atoms with Gasteiger partial charge in [0, 0.05) is 34.6 Å². The lowest BCUT2D eigenvalue weighted by atomic mass is 10.1. The molecule has 6 nitrogen and oxygen atoms in total. The first-order valence-electron chi connectivity index (χ1n) is 7.51. The molecule has 2 heterocycles. The van der Waals surface area contributed by atoms with Crippen molar-refractivity contribution in [1.29, 1.82) is 0 Å². The number of hydrogen-bond acceptors (Lipinski definition) is 3. The van der Waals surface area contributed by atoms with E-state index in [4.69, 9.17) is 23.2 Å². The van der Waals surface area contributed by atoms with Crippen LogP contribution in [0, 0.1) is 10.1 Å². The van der Waals surface area contributed by atoms with Crippen LogP contribution in [0.3, 0.4) is 0 Å². The minimum absolute atomic E-state index is 0.0482. The largest absolute Gasteiger partial charge is 0.349 e. The Kier molecular flexibility index (Phi) is 3.67. The van der Waals surface area contributed by atoms with Crippen LogP contribution in [-0.4, -0.2) is 22.4 Å². The number of carbonyl (C=O) groups is 1. The lowest BCUT2D eigenvalue weighted by Crippen LogP contribution is -2.29. The third-order valence-electron chi connectivity index (χ3n) is 4.33. The fraction of sp³-hybridized carbons (Fsp3) is 0.118. The second-order valence-corrected chi connectivity index (χ2v) is 6.60. The minimum atomic E-state index is -0.473. The number of carbonyl (C=O) groups excluding carboxylic acids is 1. The molecular formula is C17H11Cl2N3O3. The highest BCUT2D eigenvalue weighted by Gasteiger charge is 2.30. The smallest absolute Gasteiger partial charge is 0.276 e. The maximum atomic E-state index is 13.0. The highest BCUT2D eigenvalue weighted by atomic mass is 35.5. The Balaban J connectivity index is 1.78. The third kappa shape index (κ3) is 2.54. The number of benzene rings is 2. The van der Waals surface area contributed by atoms with E-state index < -0.39 is 4.92 Å². The quantitative estimate of drug-likeness (QED) is 0.525. The van der Waals surface area contributed by atoms with Crippen LogP contribution in [0.1, 0.15) is 16.1 Å². The van der Waals surface area contributed by atoms with Crippen LogP contribution in [0.4, 0.5) is 11.4 Å². The molecule has 25 heavy (non-hydrogen) atoms. The van der Waals surface area contributed by atoms with E-state index in [1.165, 1.54) is 17.0 Å². The molecule has 0 spiro atoms. The molecule has 0 fully saturated rings. The van der Waals surface area contributed by atoms with Crippen molar-refractivity contribution in [2.75, 3.05) is 11.4 Å². The number of nitro groups is 1. The molecule has 0 radical (unpaired) electrons. The van der Waals surface area contributed by atoms with Crippen molar-refractivity contribution < 1.29 is 9.72 Å². The first-order valence-corrected chi connectivity index (χ1v) is 8.27. The number of nitro benzene ring substituents is 1. The minimum Gasteiger partial charge on any atom is -0.349 e. The highest BCUT2D eigenvalue weighted by molar-refractivity contribution is 6.40. The van der Waals surface area contributed by atoms with Crippen molar-refractivity contribution in [1.82, 2.24) is 4.98 Å². The SMILES string of the molecule is O=C(c1[nH]c2ccc(Cl)cc2c1Cl)N1CCc2ccc([N+](=O)[O-])cc21. The van der Waals surface area contributed by atoms with E-state index in [2.05, 4.69) is 4.98 Å². The molecule has 1 amide bonds. The van der Waals surface area contributed by atoms with Crippen LogP contribution in [0.15, 0.2) is 36.4 Å². The zero-order valence-electron chi connectivity index (χ0n) is 12.8. The van der Waals surface area contributed by atoms with Crippen molar-refractivity contribution in [3.8, 4) is 0 Å². The summed E-state index contributed by atoms with van der Waals surface area (Å²) in [6.45, 7) is 0.446. The van der Waals surface area contributed by atoms with Gasteiger partial charge < -0.3 is 9.88 Å². The number of anilines is 1. The number of non-ortho nitro benzene ring substituents is 1. The Labute approximate surface area is 152 Å².